The van der Waals surface area contributed by atoms with Gasteiger partial charge in [-0.3, -0.25) is 0 Å². The summed E-state index contributed by atoms with van der Waals surface area (Å²) >= 11 is 1.91. The Labute approximate surface area is 318 Å². The minimum atomic E-state index is 1.16. The number of aromatic nitrogens is 1. The van der Waals surface area contributed by atoms with Gasteiger partial charge in [0.15, 0.2) is 0 Å². The minimum absolute atomic E-state index is 1.16. The Hall–Kier alpha value is -6.48. The van der Waals surface area contributed by atoms with E-state index in [0.29, 0.717) is 0 Å². The van der Waals surface area contributed by atoms with Crippen LogP contribution in [0.4, 0.5) is 0 Å². The van der Waals surface area contributed by atoms with Gasteiger partial charge in [-0.05, 0) is 129 Å². The van der Waals surface area contributed by atoms with Crippen molar-refractivity contribution < 1.29 is 0 Å². The molecule has 0 unspecified atom stereocenters. The number of rotatable bonds is 4. The predicted molar refractivity (Wildman–Crippen MR) is 234 cm³/mol. The van der Waals surface area contributed by atoms with Crippen LogP contribution in [0.15, 0.2) is 176 Å². The third kappa shape index (κ3) is 4.70. The lowest BCUT2D eigenvalue weighted by molar-refractivity contribution is 1.18. The van der Waals surface area contributed by atoms with E-state index in [-0.39, 0.29) is 0 Å². The quantitative estimate of drug-likeness (QED) is 0.161. The molecule has 0 atom stereocenters. The van der Waals surface area contributed by atoms with E-state index in [1.807, 2.05) is 11.3 Å². The highest BCUT2D eigenvalue weighted by molar-refractivity contribution is 7.26. The lowest BCUT2D eigenvalue weighted by Gasteiger charge is -2.18. The molecule has 2 aromatic heterocycles. The predicted octanol–water partition coefficient (Wildman–Crippen LogP) is 15.1. The highest BCUT2D eigenvalue weighted by atomic mass is 32.1. The molecule has 0 N–H and O–H groups in total. The second kappa shape index (κ2) is 12.0. The van der Waals surface area contributed by atoms with Crippen LogP contribution in [0.3, 0.4) is 0 Å². The molecule has 0 aliphatic heterocycles. The number of hydrogen-bond donors (Lipinski definition) is 0. The zero-order chi connectivity index (χ0) is 35.9. The SMILES string of the molecule is Cc1ccc2sc3c(-c4ccc5c(c4)c4ccccc4n5-c4ccc(-c5c6ccccc6c(-c6ccccc6)c6ccccc56)cc4)cc(C)cc3c2c1. The largest absolute Gasteiger partial charge is 0.309 e. The summed E-state index contributed by atoms with van der Waals surface area (Å²) in [6.45, 7) is 4.41. The molecule has 11 aromatic rings. The maximum atomic E-state index is 2.43. The van der Waals surface area contributed by atoms with Gasteiger partial charge in [0.1, 0.15) is 0 Å². The van der Waals surface area contributed by atoms with Crippen molar-refractivity contribution in [1.82, 2.24) is 4.57 Å². The van der Waals surface area contributed by atoms with E-state index in [1.54, 1.807) is 0 Å². The molecule has 11 rings (SSSR count). The first-order valence-electron chi connectivity index (χ1n) is 18.7. The smallest absolute Gasteiger partial charge is 0.0541 e. The van der Waals surface area contributed by atoms with Gasteiger partial charge in [0.25, 0.3) is 0 Å². The van der Waals surface area contributed by atoms with Gasteiger partial charge in [-0.1, -0.05) is 127 Å². The Balaban J connectivity index is 1.08. The second-order valence-corrected chi connectivity index (χ2v) is 15.7. The van der Waals surface area contributed by atoms with Crippen molar-refractivity contribution in [3.8, 4) is 39.1 Å². The minimum Gasteiger partial charge on any atom is -0.309 e. The van der Waals surface area contributed by atoms with E-state index in [2.05, 4.69) is 194 Å². The van der Waals surface area contributed by atoms with Crippen LogP contribution in [0.2, 0.25) is 0 Å². The summed E-state index contributed by atoms with van der Waals surface area (Å²) in [5.74, 6) is 0. The van der Waals surface area contributed by atoms with Gasteiger partial charge in [-0.2, -0.15) is 0 Å². The van der Waals surface area contributed by atoms with Gasteiger partial charge in [0, 0.05) is 36.6 Å². The molecule has 0 spiro atoms. The highest BCUT2D eigenvalue weighted by Gasteiger charge is 2.19. The summed E-state index contributed by atoms with van der Waals surface area (Å²) in [6.07, 6.45) is 0. The Morgan fingerprint density at radius 3 is 1.61 bits per heavy atom. The molecule has 0 fully saturated rings. The molecule has 0 aliphatic carbocycles. The Kier molecular flexibility index (Phi) is 6.92. The Bertz CT molecular complexity index is 3210. The van der Waals surface area contributed by atoms with Crippen LogP contribution in [-0.2, 0) is 0 Å². The van der Waals surface area contributed by atoms with Crippen LogP contribution in [0, 0.1) is 13.8 Å². The molecule has 0 amide bonds. The molecule has 0 aliphatic rings. The molecule has 0 radical (unpaired) electrons. The summed E-state index contributed by atoms with van der Waals surface area (Å²) in [4.78, 5) is 0. The maximum absolute atomic E-state index is 2.43. The van der Waals surface area contributed by atoms with E-state index < -0.39 is 0 Å². The average molecular weight is 706 g/mol. The van der Waals surface area contributed by atoms with Crippen molar-refractivity contribution in [3.63, 3.8) is 0 Å². The van der Waals surface area contributed by atoms with Crippen LogP contribution < -0.4 is 0 Å². The van der Waals surface area contributed by atoms with Gasteiger partial charge in [0.2, 0.25) is 0 Å². The molecule has 54 heavy (non-hydrogen) atoms. The number of para-hydroxylation sites is 1. The van der Waals surface area contributed by atoms with Crippen LogP contribution >= 0.6 is 11.3 Å². The third-order valence-corrected chi connectivity index (χ3v) is 12.5. The van der Waals surface area contributed by atoms with E-state index in [4.69, 9.17) is 0 Å². The van der Waals surface area contributed by atoms with Crippen molar-refractivity contribution in [2.45, 2.75) is 13.8 Å². The fraction of sp³-hybridized carbons (Fsp3) is 0.0385. The fourth-order valence-corrected chi connectivity index (χ4v) is 10.1. The van der Waals surface area contributed by atoms with E-state index in [0.717, 1.165) is 5.69 Å². The molecule has 2 heteroatoms. The molecule has 2 heterocycles. The van der Waals surface area contributed by atoms with Crippen LogP contribution in [0.25, 0.3) is 103 Å². The summed E-state index contributed by atoms with van der Waals surface area (Å²) in [5.41, 5.74) is 13.8. The van der Waals surface area contributed by atoms with Crippen molar-refractivity contribution in [2.75, 3.05) is 0 Å². The molecular formula is C52H35NS. The van der Waals surface area contributed by atoms with Gasteiger partial charge < -0.3 is 4.57 Å². The molecule has 0 bridgehead atoms. The first kappa shape index (κ1) is 31.1. The van der Waals surface area contributed by atoms with Gasteiger partial charge in [-0.15, -0.1) is 11.3 Å². The second-order valence-electron chi connectivity index (χ2n) is 14.6. The summed E-state index contributed by atoms with van der Waals surface area (Å²) < 4.78 is 5.13. The van der Waals surface area contributed by atoms with Crippen molar-refractivity contribution in [1.29, 1.82) is 0 Å². The van der Waals surface area contributed by atoms with Crippen LogP contribution in [0.1, 0.15) is 11.1 Å². The van der Waals surface area contributed by atoms with Crippen molar-refractivity contribution in [3.05, 3.63) is 187 Å². The Morgan fingerprint density at radius 1 is 0.370 bits per heavy atom. The third-order valence-electron chi connectivity index (χ3n) is 11.3. The first-order chi connectivity index (χ1) is 26.6. The molecular weight excluding hydrogens is 671 g/mol. The van der Waals surface area contributed by atoms with Crippen molar-refractivity contribution in [2.24, 2.45) is 0 Å². The van der Waals surface area contributed by atoms with E-state index >= 15 is 0 Å². The number of hydrogen-bond acceptors (Lipinski definition) is 1. The number of thiophene rings is 1. The van der Waals surface area contributed by atoms with E-state index in [1.165, 1.54) is 108 Å². The standard InChI is InChI=1S/C52H35NS/c1-32-20-27-49-45(28-32)46-30-33(2)29-43(52(46)54-49)36-23-26-48-44(31-36)38-14-10-11-19-47(38)53(48)37-24-21-35(22-25-37)51-41-17-8-6-15-39(41)50(34-12-4-3-5-13-34)40-16-7-9-18-42(40)51/h3-31H,1-2H3. The lowest BCUT2D eigenvalue weighted by atomic mass is 9.86. The lowest BCUT2D eigenvalue weighted by Crippen LogP contribution is -1.94. The summed E-state index contributed by atoms with van der Waals surface area (Å²) in [5, 5.41) is 10.3. The zero-order valence-corrected chi connectivity index (χ0v) is 30.9. The van der Waals surface area contributed by atoms with Gasteiger partial charge in [0.05, 0.1) is 11.0 Å². The van der Waals surface area contributed by atoms with Crippen LogP contribution in [0.5, 0.6) is 0 Å². The number of aryl methyl sites for hydroxylation is 2. The summed E-state index contributed by atoms with van der Waals surface area (Å²) in [6, 6.07) is 65.3. The monoisotopic (exact) mass is 705 g/mol. The molecule has 1 nitrogen and oxygen atoms in total. The molecule has 254 valence electrons. The Morgan fingerprint density at radius 2 is 0.926 bits per heavy atom. The zero-order valence-electron chi connectivity index (χ0n) is 30.1. The summed E-state index contributed by atoms with van der Waals surface area (Å²) in [7, 11) is 0. The van der Waals surface area contributed by atoms with Gasteiger partial charge >= 0.3 is 0 Å². The number of fused-ring (bicyclic) bond motifs is 8. The maximum Gasteiger partial charge on any atom is 0.0541 e. The van der Waals surface area contributed by atoms with Gasteiger partial charge in [-0.25, -0.2) is 0 Å². The molecule has 0 saturated carbocycles. The average Bonchev–Trinajstić information content (AvgIpc) is 3.75. The van der Waals surface area contributed by atoms with E-state index in [9.17, 15) is 0 Å². The van der Waals surface area contributed by atoms with Crippen LogP contribution in [-0.4, -0.2) is 4.57 Å². The van der Waals surface area contributed by atoms with Crippen molar-refractivity contribution >= 4 is 74.9 Å². The number of benzene rings is 9. The molecule has 9 aromatic carbocycles. The highest BCUT2D eigenvalue weighted by Crippen LogP contribution is 2.45. The fourth-order valence-electron chi connectivity index (χ4n) is 8.90. The normalized spacial score (nSPS) is 11.9. The molecule has 0 saturated heterocycles. The first-order valence-corrected chi connectivity index (χ1v) is 19.5. The topological polar surface area (TPSA) is 4.93 Å². The number of nitrogens with zero attached hydrogens (tertiary/aromatic N) is 1.